The number of piperidine rings is 1. The van der Waals surface area contributed by atoms with Crippen LogP contribution in [0.4, 0.5) is 11.8 Å². The van der Waals surface area contributed by atoms with Crippen molar-refractivity contribution < 1.29 is 8.42 Å². The lowest BCUT2D eigenvalue weighted by atomic mass is 9.96. The predicted octanol–water partition coefficient (Wildman–Crippen LogP) is 2.54. The number of aromatic nitrogens is 4. The van der Waals surface area contributed by atoms with Gasteiger partial charge in [0.15, 0.2) is 5.82 Å². The van der Waals surface area contributed by atoms with Gasteiger partial charge in [-0.1, -0.05) is 0 Å². The summed E-state index contributed by atoms with van der Waals surface area (Å²) in [4.78, 5) is 17.6. The van der Waals surface area contributed by atoms with Crippen LogP contribution < -0.4 is 5.32 Å². The first-order valence-electron chi connectivity index (χ1n) is 9.16. The quantitative estimate of drug-likeness (QED) is 0.837. The fourth-order valence-electron chi connectivity index (χ4n) is 3.22. The number of aryl methyl sites for hydroxylation is 2. The summed E-state index contributed by atoms with van der Waals surface area (Å²) < 4.78 is 26.5. The molecule has 1 fully saturated rings. The molecule has 1 saturated heterocycles. The molecule has 0 amide bonds. The Morgan fingerprint density at radius 2 is 1.85 bits per heavy atom. The predicted molar refractivity (Wildman–Crippen MR) is 104 cm³/mol. The molecule has 8 nitrogen and oxygen atoms in total. The second-order valence-corrected chi connectivity index (χ2v) is 9.71. The van der Waals surface area contributed by atoms with Gasteiger partial charge in [0.05, 0.1) is 23.3 Å². The molecule has 2 aromatic rings. The van der Waals surface area contributed by atoms with Gasteiger partial charge in [0.1, 0.15) is 0 Å². The van der Waals surface area contributed by atoms with Gasteiger partial charge in [-0.25, -0.2) is 27.7 Å². The van der Waals surface area contributed by atoms with E-state index in [4.69, 9.17) is 0 Å². The maximum absolute atomic E-state index is 12.4. The highest BCUT2D eigenvalue weighted by atomic mass is 32.2. The Hall–Kier alpha value is -2.13. The van der Waals surface area contributed by atoms with Crippen LogP contribution in [-0.4, -0.2) is 51.0 Å². The van der Waals surface area contributed by atoms with Crippen LogP contribution in [0, 0.1) is 13.8 Å². The fraction of sp³-hybridized carbons (Fsp3) is 0.556. The maximum atomic E-state index is 12.4. The van der Waals surface area contributed by atoms with Crippen LogP contribution in [0.25, 0.3) is 0 Å². The van der Waals surface area contributed by atoms with Gasteiger partial charge in [-0.15, -0.1) is 0 Å². The van der Waals surface area contributed by atoms with Gasteiger partial charge >= 0.3 is 0 Å². The zero-order chi connectivity index (χ0) is 19.6. The van der Waals surface area contributed by atoms with E-state index in [2.05, 4.69) is 25.3 Å². The van der Waals surface area contributed by atoms with Crippen molar-refractivity contribution in [3.8, 4) is 0 Å². The van der Waals surface area contributed by atoms with Crippen molar-refractivity contribution in [1.82, 2.24) is 24.2 Å². The van der Waals surface area contributed by atoms with Crippen molar-refractivity contribution in [3.63, 3.8) is 0 Å². The highest BCUT2D eigenvalue weighted by Crippen LogP contribution is 2.28. The van der Waals surface area contributed by atoms with E-state index in [-0.39, 0.29) is 5.92 Å². The van der Waals surface area contributed by atoms with E-state index in [0.29, 0.717) is 24.9 Å². The van der Waals surface area contributed by atoms with Gasteiger partial charge < -0.3 is 5.32 Å². The van der Waals surface area contributed by atoms with Gasteiger partial charge in [0, 0.05) is 30.4 Å². The molecule has 3 rings (SSSR count). The van der Waals surface area contributed by atoms with Gasteiger partial charge in [-0.3, -0.25) is 4.98 Å². The Balaban J connectivity index is 1.71. The summed E-state index contributed by atoms with van der Waals surface area (Å²) in [6.45, 7) is 8.29. The molecule has 0 unspecified atom stereocenters. The molecule has 1 N–H and O–H groups in total. The smallest absolute Gasteiger partial charge is 0.228 e. The largest absolute Gasteiger partial charge is 0.307 e. The number of hydrogen-bond donors (Lipinski definition) is 1. The second kappa shape index (κ2) is 7.85. The van der Waals surface area contributed by atoms with Gasteiger partial charge in [-0.05, 0) is 46.6 Å². The van der Waals surface area contributed by atoms with Crippen LogP contribution in [-0.2, 0) is 10.0 Å². The van der Waals surface area contributed by atoms with Gasteiger partial charge in [0.2, 0.25) is 16.0 Å². The lowest BCUT2D eigenvalue weighted by Gasteiger charge is -2.32. The summed E-state index contributed by atoms with van der Waals surface area (Å²) in [5, 5.41) is 2.65. The molecule has 146 valence electrons. The molecule has 0 aliphatic carbocycles. The minimum atomic E-state index is -3.24. The molecular weight excluding hydrogens is 364 g/mol. The Labute approximate surface area is 160 Å². The first-order chi connectivity index (χ1) is 12.8. The maximum Gasteiger partial charge on any atom is 0.228 e. The number of nitrogens with one attached hydrogen (secondary N) is 1. The monoisotopic (exact) mass is 390 g/mol. The average Bonchev–Trinajstić information content (AvgIpc) is 2.61. The first kappa shape index (κ1) is 19.6. The van der Waals surface area contributed by atoms with Crippen molar-refractivity contribution >= 4 is 21.8 Å². The van der Waals surface area contributed by atoms with Crippen LogP contribution in [0.3, 0.4) is 0 Å². The third-order valence-electron chi connectivity index (χ3n) is 4.65. The molecule has 3 heterocycles. The summed E-state index contributed by atoms with van der Waals surface area (Å²) in [5.41, 5.74) is 2.57. The van der Waals surface area contributed by atoms with E-state index in [1.165, 1.54) is 0 Å². The molecule has 2 aromatic heterocycles. The van der Waals surface area contributed by atoms with Crippen LogP contribution in [0.1, 0.15) is 49.7 Å². The van der Waals surface area contributed by atoms with Crippen LogP contribution in [0.5, 0.6) is 0 Å². The SMILES string of the molecule is Cc1cc(C)nc(Nc2cnc([C@H]3CCCN(S(=O)(=O)C(C)C)C3)cn2)n1. The molecule has 0 spiro atoms. The first-order valence-corrected chi connectivity index (χ1v) is 10.7. The molecule has 0 saturated carbocycles. The molecule has 0 radical (unpaired) electrons. The van der Waals surface area contributed by atoms with Crippen molar-refractivity contribution in [2.75, 3.05) is 18.4 Å². The third kappa shape index (κ3) is 4.59. The zero-order valence-corrected chi connectivity index (χ0v) is 17.0. The highest BCUT2D eigenvalue weighted by Gasteiger charge is 2.32. The summed E-state index contributed by atoms with van der Waals surface area (Å²) in [6.07, 6.45) is 5.09. The molecule has 0 bridgehead atoms. The Bertz CT molecular complexity index is 878. The summed E-state index contributed by atoms with van der Waals surface area (Å²) in [5.74, 6) is 1.11. The molecule has 27 heavy (non-hydrogen) atoms. The summed E-state index contributed by atoms with van der Waals surface area (Å²) >= 11 is 0. The summed E-state index contributed by atoms with van der Waals surface area (Å²) in [7, 11) is -3.24. The minimum Gasteiger partial charge on any atom is -0.307 e. The van der Waals surface area contributed by atoms with Crippen molar-refractivity contribution in [1.29, 1.82) is 0 Å². The van der Waals surface area contributed by atoms with Crippen LogP contribution >= 0.6 is 0 Å². The topological polar surface area (TPSA) is 101 Å². The third-order valence-corrected chi connectivity index (χ3v) is 6.89. The lowest BCUT2D eigenvalue weighted by molar-refractivity contribution is 0.310. The van der Waals surface area contributed by atoms with E-state index in [9.17, 15) is 8.42 Å². The number of sulfonamides is 1. The fourth-order valence-corrected chi connectivity index (χ4v) is 4.59. The van der Waals surface area contributed by atoms with Crippen LogP contribution in [0.2, 0.25) is 0 Å². The number of rotatable bonds is 5. The highest BCUT2D eigenvalue weighted by molar-refractivity contribution is 7.89. The number of anilines is 2. The second-order valence-electron chi connectivity index (χ2n) is 7.22. The number of nitrogens with zero attached hydrogens (tertiary/aromatic N) is 5. The van der Waals surface area contributed by atoms with E-state index in [0.717, 1.165) is 29.9 Å². The zero-order valence-electron chi connectivity index (χ0n) is 16.2. The number of hydrogen-bond acceptors (Lipinski definition) is 7. The molecule has 1 atom stereocenters. The van der Waals surface area contributed by atoms with E-state index >= 15 is 0 Å². The van der Waals surface area contributed by atoms with Gasteiger partial charge in [-0.2, -0.15) is 0 Å². The standard InChI is InChI=1S/C18H26N6O2S/c1-12(2)27(25,26)24-7-5-6-15(11-24)16-9-20-17(10-19-16)23-18-21-13(3)8-14(4)22-18/h8-10,12,15H,5-7,11H2,1-4H3,(H,20,21,22,23)/t15-/m0/s1. The van der Waals surface area contributed by atoms with E-state index in [1.807, 2.05) is 19.9 Å². The minimum absolute atomic E-state index is 0.0614. The molecule has 1 aliphatic heterocycles. The Morgan fingerprint density at radius 3 is 2.44 bits per heavy atom. The van der Waals surface area contributed by atoms with Crippen molar-refractivity contribution in [2.45, 2.75) is 51.7 Å². The average molecular weight is 391 g/mol. The van der Waals surface area contributed by atoms with E-state index in [1.54, 1.807) is 30.5 Å². The van der Waals surface area contributed by atoms with E-state index < -0.39 is 15.3 Å². The molecule has 1 aliphatic rings. The molecular formula is C18H26N6O2S. The normalized spacial score (nSPS) is 18.6. The molecule has 0 aromatic carbocycles. The Kier molecular flexibility index (Phi) is 5.71. The Morgan fingerprint density at radius 1 is 1.15 bits per heavy atom. The molecule has 9 heteroatoms. The van der Waals surface area contributed by atoms with Gasteiger partial charge in [0.25, 0.3) is 0 Å². The van der Waals surface area contributed by atoms with Crippen LogP contribution in [0.15, 0.2) is 18.5 Å². The summed E-state index contributed by atoms with van der Waals surface area (Å²) in [6, 6.07) is 1.90. The lowest BCUT2D eigenvalue weighted by Crippen LogP contribution is -2.42. The van der Waals surface area contributed by atoms with Crippen molar-refractivity contribution in [3.05, 3.63) is 35.5 Å². The van der Waals surface area contributed by atoms with Crippen molar-refractivity contribution in [2.24, 2.45) is 0 Å².